The molecule has 5 N–H and O–H groups in total. The maximum atomic E-state index is 13.5. The Morgan fingerprint density at radius 1 is 0.459 bits per heavy atom. The van der Waals surface area contributed by atoms with Gasteiger partial charge in [0.2, 0.25) is 52.2 Å². The summed E-state index contributed by atoms with van der Waals surface area (Å²) in [4.78, 5) is 85.8. The number of benzene rings is 8. The highest BCUT2D eigenvalue weighted by Crippen LogP contribution is 2.55. The summed E-state index contributed by atoms with van der Waals surface area (Å²) in [7, 11) is -1.00. The lowest BCUT2D eigenvalue weighted by Gasteiger charge is -2.26. The fourth-order valence-electron chi connectivity index (χ4n) is 17.0. The zero-order valence-electron chi connectivity index (χ0n) is 74.2. The number of Topliss-reactive ketones (excluding diaryl/α,β-unsaturated/α-hetero) is 2. The van der Waals surface area contributed by atoms with Crippen molar-refractivity contribution >= 4 is 61.0 Å². The van der Waals surface area contributed by atoms with Gasteiger partial charge in [0.05, 0.1) is 81.7 Å². The molecule has 8 aromatic carbocycles. The predicted molar refractivity (Wildman–Crippen MR) is 502 cm³/mol. The van der Waals surface area contributed by atoms with Crippen LogP contribution in [0, 0.1) is 19.7 Å². The third kappa shape index (κ3) is 19.9. The number of nitrogens with one attached hydrogen (secondary N) is 5. The lowest BCUT2D eigenvalue weighted by molar-refractivity contribution is -0.121. The second-order valence-electron chi connectivity index (χ2n) is 33.7. The van der Waals surface area contributed by atoms with E-state index in [1.807, 2.05) is 122 Å². The lowest BCUT2D eigenvalue weighted by atomic mass is 9.87. The first-order valence-corrected chi connectivity index (χ1v) is 46.8. The number of hydrogen-bond acceptors (Lipinski definition) is 23. The minimum absolute atomic E-state index is 0. The lowest BCUT2D eigenvalue weighted by Crippen LogP contribution is -2.41. The molecule has 12 aromatic rings. The number of carbonyl (C=O) groups is 5. The van der Waals surface area contributed by atoms with Gasteiger partial charge in [-0.3, -0.25) is 38.8 Å². The van der Waals surface area contributed by atoms with E-state index in [0.717, 1.165) is 132 Å². The van der Waals surface area contributed by atoms with Crippen LogP contribution in [0.5, 0.6) is 46.0 Å². The number of methoxy groups -OCH3 is 2. The molecule has 31 heteroatoms. The number of anilines is 2. The summed E-state index contributed by atoms with van der Waals surface area (Å²) < 4.78 is 116. The van der Waals surface area contributed by atoms with Crippen molar-refractivity contribution in [1.29, 1.82) is 0 Å². The Labute approximate surface area is 774 Å². The Morgan fingerprint density at radius 3 is 1.41 bits per heavy atom. The van der Waals surface area contributed by atoms with E-state index in [0.29, 0.717) is 119 Å². The molecule has 8 heterocycles. The molecule has 0 spiro atoms. The van der Waals surface area contributed by atoms with Crippen LogP contribution >= 0.6 is 0 Å². The molecule has 3 amide bonds. The topological polar surface area (TPSA) is 352 Å². The number of pyridine rings is 4. The number of ketones is 2. The van der Waals surface area contributed by atoms with Crippen LogP contribution < -0.4 is 63.3 Å². The average molecular weight is 1840 g/mol. The molecule has 4 aliphatic heterocycles. The predicted octanol–water partition coefficient (Wildman–Crippen LogP) is 15.6. The number of amides is 3. The fourth-order valence-corrected chi connectivity index (χ4v) is 18.7. The normalized spacial score (nSPS) is 16.0. The molecule has 4 saturated carbocycles. The van der Waals surface area contributed by atoms with Crippen LogP contribution in [0.3, 0.4) is 0 Å². The van der Waals surface area contributed by atoms with E-state index < -0.39 is 41.7 Å². The number of halogens is 1. The number of aromatic nitrogens is 4. The van der Waals surface area contributed by atoms with E-state index in [1.165, 1.54) is 31.3 Å². The molecule has 0 bridgehead atoms. The summed E-state index contributed by atoms with van der Waals surface area (Å²) in [5, 5.41) is 8.49. The zero-order valence-corrected chi connectivity index (χ0v) is 75.8. The number of nitrogens with zero attached hydrogens (tertiary/aromatic N) is 5. The molecule has 20 rings (SSSR count). The van der Waals surface area contributed by atoms with Gasteiger partial charge in [-0.15, -0.1) is 0 Å². The second kappa shape index (κ2) is 38.5. The van der Waals surface area contributed by atoms with Crippen molar-refractivity contribution < 1.29 is 92.1 Å². The maximum absolute atomic E-state index is 13.5. The van der Waals surface area contributed by atoms with Crippen molar-refractivity contribution in [2.75, 3.05) is 98.7 Å². The van der Waals surface area contributed by atoms with Crippen molar-refractivity contribution in [3.05, 3.63) is 287 Å². The van der Waals surface area contributed by atoms with Gasteiger partial charge in [-0.25, -0.2) is 40.6 Å². The van der Waals surface area contributed by atoms with Gasteiger partial charge in [-0.1, -0.05) is 91.0 Å². The largest absolute Gasteiger partial charge is 0.493 e. The van der Waals surface area contributed by atoms with E-state index in [9.17, 15) is 45.2 Å². The molecule has 8 aliphatic rings. The molecule has 0 atom stereocenters. The van der Waals surface area contributed by atoms with E-state index in [2.05, 4.69) is 52.2 Å². The van der Waals surface area contributed by atoms with Gasteiger partial charge >= 0.3 is 0 Å². The summed E-state index contributed by atoms with van der Waals surface area (Å²) in [5.41, 5.74) is 11.9. The Morgan fingerprint density at radius 2 is 0.910 bits per heavy atom. The number of fused-ring (bicyclic) bond motifs is 3. The minimum Gasteiger partial charge on any atom is -0.493 e. The highest BCUT2D eigenvalue weighted by Gasteiger charge is 2.55. The molecule has 28 nitrogen and oxygen atoms in total. The monoisotopic (exact) mass is 1840 g/mol. The highest BCUT2D eigenvalue weighted by molar-refractivity contribution is 7.89. The van der Waals surface area contributed by atoms with E-state index in [4.69, 9.17) is 47.6 Å². The summed E-state index contributed by atoms with van der Waals surface area (Å²) >= 11 is 0. The van der Waals surface area contributed by atoms with Crippen LogP contribution in [0.2, 0.25) is 0 Å². The van der Waals surface area contributed by atoms with Crippen LogP contribution in [0.25, 0.3) is 44.9 Å². The zero-order chi connectivity index (χ0) is 92.8. The van der Waals surface area contributed by atoms with Gasteiger partial charge < -0.3 is 58.6 Å². The summed E-state index contributed by atoms with van der Waals surface area (Å²) in [6, 6.07) is 65.8. The smallest absolute Gasteiger partial charge is 0.251 e. The van der Waals surface area contributed by atoms with Crippen LogP contribution in [-0.4, -0.2) is 159 Å². The van der Waals surface area contributed by atoms with Crippen molar-refractivity contribution in [3.8, 4) is 90.9 Å². The molecule has 133 heavy (non-hydrogen) atoms. The van der Waals surface area contributed by atoms with Crippen molar-refractivity contribution in [3.63, 3.8) is 0 Å². The third-order valence-corrected chi connectivity index (χ3v) is 28.6. The molecule has 4 aromatic heterocycles. The minimum atomic E-state index is -3.61. The summed E-state index contributed by atoms with van der Waals surface area (Å²) in [6.45, 7) is 8.68. The quantitative estimate of drug-likeness (QED) is 0.0304. The Balaban J connectivity index is 0.000000145. The number of ether oxygens (including phenoxy) is 9. The molecule has 4 aliphatic carbocycles. The first-order valence-electron chi connectivity index (χ1n) is 43.8. The molecule has 5 fully saturated rings. The fraction of sp³-hybridized carbons (Fsp3) is 0.284. The summed E-state index contributed by atoms with van der Waals surface area (Å²) in [5.74, 6) is 5.92. The number of rotatable bonds is 28. The molecular formula is C102H105FN10O18S2. The van der Waals surface area contributed by atoms with Gasteiger partial charge in [0.1, 0.15) is 29.0 Å². The number of carbonyl (C=O) groups excluding carboxylic acids is 5. The van der Waals surface area contributed by atoms with Crippen LogP contribution in [-0.2, 0) is 78.5 Å². The number of morpholine rings is 1. The van der Waals surface area contributed by atoms with Gasteiger partial charge in [0.15, 0.2) is 46.0 Å². The standard InChI is InChI=1S/C29H31N3O6S.C27H26N2O4.C24H25N3O5S.C22H17FN2O3.3H2/c33-28(29(10-11-29)22-6-9-26-27(18-22)38-20-37-26)19-23-2-1-3-25(31-23)21-4-7-24(8-5-21)39(34,35)30-12-13-32-14-16-36-17-15-32;1-16-17(2)22(29-14-21(16)18-4-6-19(7-5-18)26(31)28-3)13-25(30)27(10-11-27)20-8-9-23-24(12-20)33-15-32-23;1-25-33(29,30)18-10-7-16(8-11-18)19-5-4-6-22(26-19)27-23(28)24(13-14-24)17-9-12-20(31-2)21(15-17)32-3;23-16-4-1-3-14(11-16)17-5-2-6-20(24-17)25-21(26)22(9-10-22)15-7-8-18-19(12-15)28-13-27-18;;;/h1-9,18,30H,10-17,19-20H2;4-9,12,14H,10-11,13,15H2,1-3H3,(H,28,31);4-12,15,25H,13-14H2,1-3H3,(H,26,27,28);1-8,11-12H,9-10,13H2,(H,24,25,26);3*1H. The molecule has 1 saturated heterocycles. The average Bonchev–Trinajstić information content (AvgIpc) is 1.58. The number of sulfonamides is 2. The Hall–Kier alpha value is -13.8. The summed E-state index contributed by atoms with van der Waals surface area (Å²) in [6.07, 6.45) is 8.66. The van der Waals surface area contributed by atoms with Gasteiger partial charge in [-0.2, -0.15) is 0 Å². The van der Waals surface area contributed by atoms with Crippen LogP contribution in [0.4, 0.5) is 16.0 Å². The van der Waals surface area contributed by atoms with Crippen LogP contribution in [0.15, 0.2) is 240 Å². The van der Waals surface area contributed by atoms with Crippen LogP contribution in [0.1, 0.15) is 111 Å². The third-order valence-electron chi connectivity index (χ3n) is 25.7. The van der Waals surface area contributed by atoms with Gasteiger partial charge in [0.25, 0.3) is 5.91 Å². The molecule has 0 radical (unpaired) electrons. The van der Waals surface area contributed by atoms with Gasteiger partial charge in [-0.05, 0) is 245 Å². The maximum Gasteiger partial charge on any atom is 0.251 e. The molecule has 690 valence electrons. The molecular weight excluding hydrogens is 1740 g/mol. The molecule has 0 unspecified atom stereocenters. The van der Waals surface area contributed by atoms with E-state index >= 15 is 0 Å². The number of hydrogen-bond donors (Lipinski definition) is 5. The van der Waals surface area contributed by atoms with Crippen molar-refractivity contribution in [2.45, 2.75) is 110 Å². The van der Waals surface area contributed by atoms with Crippen molar-refractivity contribution in [1.82, 2.24) is 39.6 Å². The van der Waals surface area contributed by atoms with Gasteiger partial charge in [0, 0.05) is 90.1 Å². The first-order chi connectivity index (χ1) is 64.3. The van der Waals surface area contributed by atoms with Crippen molar-refractivity contribution in [2.24, 2.45) is 0 Å². The second-order valence-corrected chi connectivity index (χ2v) is 37.3. The van der Waals surface area contributed by atoms with E-state index in [-0.39, 0.29) is 76.0 Å². The highest BCUT2D eigenvalue weighted by atomic mass is 32.2. The SMILES string of the molecule is CNC(=O)c1ccc(-c2cnc(CC(=O)C3(c4ccc5c(c4)OCO5)CC3)c(C)c2C)cc1.CNS(=O)(=O)c1ccc(-c2cccc(NC(=O)C3(c4ccc(OC)c(OC)c4)CC3)n2)cc1.O=C(Cc1cccc(-c2ccc(S(=O)(=O)NCCN3CCOCC3)cc2)n1)C1(c2ccc3c(c2)OCO3)CC1.O=C(Nc1cccc(-c2cccc(F)c2)n1)C1(c2ccc3c(c2)OCO3)CC1.[HH].[HH].[HH]. The first kappa shape index (κ1) is 91.1. The Bertz CT molecular complexity index is 6710. The van der Waals surface area contributed by atoms with E-state index in [1.54, 1.807) is 112 Å². The Kier molecular flexibility index (Phi) is 26.4.